The fourth-order valence-corrected chi connectivity index (χ4v) is 4.46. The lowest BCUT2D eigenvalue weighted by Crippen LogP contribution is -2.48. The number of carbonyl (C=O) groups excluding carboxylic acids is 1. The molecule has 3 heteroatoms. The Bertz CT molecular complexity index is 638. The van der Waals surface area contributed by atoms with Gasteiger partial charge in [0.15, 0.2) is 0 Å². The molecule has 0 spiro atoms. The largest absolute Gasteiger partial charge is 0.325 e. The summed E-state index contributed by atoms with van der Waals surface area (Å²) in [6.07, 6.45) is 4.32. The predicted molar refractivity (Wildman–Crippen MR) is 105 cm³/mol. The highest BCUT2D eigenvalue weighted by molar-refractivity contribution is 5.74. The average Bonchev–Trinajstić information content (AvgIpc) is 2.75. The van der Waals surface area contributed by atoms with Gasteiger partial charge in [-0.05, 0) is 48.6 Å². The van der Waals surface area contributed by atoms with Gasteiger partial charge in [0.25, 0.3) is 0 Å². The number of nitrogens with zero attached hydrogens (tertiary/aromatic N) is 2. The number of piperidine rings is 2. The van der Waals surface area contributed by atoms with E-state index in [4.69, 9.17) is 0 Å². The second kappa shape index (κ2) is 7.94. The first-order valence-corrected chi connectivity index (χ1v) is 9.95. The topological polar surface area (TPSA) is 23.6 Å². The Balaban J connectivity index is 1.28. The summed E-state index contributed by atoms with van der Waals surface area (Å²) in [4.78, 5) is 17.0. The van der Waals surface area contributed by atoms with E-state index in [-0.39, 0.29) is 6.03 Å². The third kappa shape index (κ3) is 3.77. The average molecular weight is 348 g/mol. The quantitative estimate of drug-likeness (QED) is 0.760. The summed E-state index contributed by atoms with van der Waals surface area (Å²) < 4.78 is 0. The van der Waals surface area contributed by atoms with Crippen LogP contribution in [0.5, 0.6) is 0 Å². The third-order valence-corrected chi connectivity index (χ3v) is 6.07. The molecule has 136 valence electrons. The van der Waals surface area contributed by atoms with Gasteiger partial charge < -0.3 is 9.80 Å². The van der Waals surface area contributed by atoms with Crippen molar-refractivity contribution >= 4 is 6.03 Å². The van der Waals surface area contributed by atoms with Crippen LogP contribution in [0.1, 0.15) is 48.6 Å². The fraction of sp³-hybridized carbons (Fsp3) is 0.435. The van der Waals surface area contributed by atoms with Crippen LogP contribution >= 0.6 is 0 Å². The number of amides is 2. The molecule has 2 heterocycles. The molecule has 0 radical (unpaired) electrons. The second-order valence-electron chi connectivity index (χ2n) is 7.63. The van der Waals surface area contributed by atoms with E-state index in [9.17, 15) is 4.79 Å². The van der Waals surface area contributed by atoms with Crippen LogP contribution in [0.3, 0.4) is 0 Å². The molecule has 0 atom stereocenters. The normalized spacial score (nSPS) is 19.5. The molecule has 0 unspecified atom stereocenters. The van der Waals surface area contributed by atoms with Crippen LogP contribution in [0, 0.1) is 0 Å². The molecule has 3 nitrogen and oxygen atoms in total. The van der Waals surface area contributed by atoms with E-state index >= 15 is 0 Å². The van der Waals surface area contributed by atoms with E-state index in [0.29, 0.717) is 11.8 Å². The van der Waals surface area contributed by atoms with Crippen molar-refractivity contribution in [2.75, 3.05) is 26.2 Å². The molecular formula is C23H28N2O. The van der Waals surface area contributed by atoms with E-state index < -0.39 is 0 Å². The maximum Gasteiger partial charge on any atom is 0.319 e. The van der Waals surface area contributed by atoms with E-state index in [2.05, 4.69) is 70.5 Å². The van der Waals surface area contributed by atoms with Crippen molar-refractivity contribution in [3.8, 4) is 0 Å². The number of rotatable bonds is 2. The molecule has 4 rings (SSSR count). The van der Waals surface area contributed by atoms with Crippen LogP contribution in [-0.4, -0.2) is 42.0 Å². The van der Waals surface area contributed by atoms with E-state index in [1.54, 1.807) is 0 Å². The van der Waals surface area contributed by atoms with Gasteiger partial charge in [0, 0.05) is 26.2 Å². The summed E-state index contributed by atoms with van der Waals surface area (Å²) in [5.74, 6) is 1.20. The Hall–Kier alpha value is -2.29. The number of benzene rings is 2. The molecule has 2 saturated heterocycles. The van der Waals surface area contributed by atoms with Gasteiger partial charge in [-0.15, -0.1) is 0 Å². The van der Waals surface area contributed by atoms with E-state index in [0.717, 1.165) is 51.9 Å². The molecule has 0 aliphatic carbocycles. The maximum atomic E-state index is 12.9. The first kappa shape index (κ1) is 17.1. The Morgan fingerprint density at radius 1 is 0.615 bits per heavy atom. The minimum atomic E-state index is 0.253. The first-order valence-electron chi connectivity index (χ1n) is 9.95. The lowest BCUT2D eigenvalue weighted by molar-refractivity contribution is 0.128. The van der Waals surface area contributed by atoms with Crippen LogP contribution in [0.25, 0.3) is 0 Å². The van der Waals surface area contributed by atoms with E-state index in [1.165, 1.54) is 11.1 Å². The molecule has 0 bridgehead atoms. The van der Waals surface area contributed by atoms with Crippen molar-refractivity contribution in [3.05, 3.63) is 71.8 Å². The standard InChI is InChI=1S/C23H28N2O/c26-23(24-15-11-21(12-16-24)19-7-3-1-4-8-19)25-17-13-22(14-18-25)20-9-5-2-6-10-20/h1-10,21-22H,11-18H2. The Morgan fingerprint density at radius 2 is 0.962 bits per heavy atom. The van der Waals surface area contributed by atoms with Gasteiger partial charge in [-0.25, -0.2) is 4.79 Å². The lowest BCUT2D eigenvalue weighted by atomic mass is 9.89. The summed E-state index contributed by atoms with van der Waals surface area (Å²) in [7, 11) is 0. The fourth-order valence-electron chi connectivity index (χ4n) is 4.46. The van der Waals surface area contributed by atoms with Crippen molar-refractivity contribution in [1.82, 2.24) is 9.80 Å². The van der Waals surface area contributed by atoms with Crippen molar-refractivity contribution in [1.29, 1.82) is 0 Å². The number of urea groups is 1. The number of hydrogen-bond donors (Lipinski definition) is 0. The first-order chi connectivity index (χ1) is 12.8. The smallest absolute Gasteiger partial charge is 0.319 e. The molecule has 0 saturated carbocycles. The zero-order chi connectivity index (χ0) is 17.8. The number of hydrogen-bond acceptors (Lipinski definition) is 1. The van der Waals surface area contributed by atoms with Crippen molar-refractivity contribution in [2.24, 2.45) is 0 Å². The number of carbonyl (C=O) groups is 1. The van der Waals surface area contributed by atoms with Gasteiger partial charge in [-0.2, -0.15) is 0 Å². The highest BCUT2D eigenvalue weighted by atomic mass is 16.2. The monoisotopic (exact) mass is 348 g/mol. The molecule has 26 heavy (non-hydrogen) atoms. The lowest BCUT2D eigenvalue weighted by Gasteiger charge is -2.39. The highest BCUT2D eigenvalue weighted by Crippen LogP contribution is 2.31. The molecule has 2 aliphatic rings. The minimum absolute atomic E-state index is 0.253. The van der Waals surface area contributed by atoms with Gasteiger partial charge in [-0.1, -0.05) is 60.7 Å². The predicted octanol–water partition coefficient (Wildman–Crippen LogP) is 4.87. The molecule has 0 aromatic heterocycles. The summed E-state index contributed by atoms with van der Waals surface area (Å²) in [6.45, 7) is 3.54. The summed E-state index contributed by atoms with van der Waals surface area (Å²) in [6, 6.07) is 21.7. The van der Waals surface area contributed by atoms with Gasteiger partial charge in [-0.3, -0.25) is 0 Å². The molecule has 2 aromatic rings. The minimum Gasteiger partial charge on any atom is -0.325 e. The molecule has 2 aliphatic heterocycles. The third-order valence-electron chi connectivity index (χ3n) is 6.07. The summed E-state index contributed by atoms with van der Waals surface area (Å²) >= 11 is 0. The molecule has 0 N–H and O–H groups in total. The van der Waals surface area contributed by atoms with Crippen molar-refractivity contribution in [3.63, 3.8) is 0 Å². The van der Waals surface area contributed by atoms with E-state index in [1.807, 2.05) is 0 Å². The van der Waals surface area contributed by atoms with Crippen LogP contribution in [0.15, 0.2) is 60.7 Å². The van der Waals surface area contributed by atoms with Crippen LogP contribution < -0.4 is 0 Å². The van der Waals surface area contributed by atoms with Crippen LogP contribution in [0.4, 0.5) is 4.79 Å². The maximum absolute atomic E-state index is 12.9. The molecular weight excluding hydrogens is 320 g/mol. The van der Waals surface area contributed by atoms with Gasteiger partial charge in [0.05, 0.1) is 0 Å². The highest BCUT2D eigenvalue weighted by Gasteiger charge is 2.29. The summed E-state index contributed by atoms with van der Waals surface area (Å²) in [5.41, 5.74) is 2.84. The van der Waals surface area contributed by atoms with Gasteiger partial charge in [0.1, 0.15) is 0 Å². The zero-order valence-corrected chi connectivity index (χ0v) is 15.4. The van der Waals surface area contributed by atoms with Crippen LogP contribution in [-0.2, 0) is 0 Å². The SMILES string of the molecule is O=C(N1CCC(c2ccccc2)CC1)N1CCC(c2ccccc2)CC1. The Labute approximate surface area is 156 Å². The number of likely N-dealkylation sites (tertiary alicyclic amines) is 2. The molecule has 2 fully saturated rings. The molecule has 2 aromatic carbocycles. The van der Waals surface area contributed by atoms with Gasteiger partial charge in [0.2, 0.25) is 0 Å². The zero-order valence-electron chi connectivity index (χ0n) is 15.4. The van der Waals surface area contributed by atoms with Crippen molar-refractivity contribution in [2.45, 2.75) is 37.5 Å². The van der Waals surface area contributed by atoms with Crippen molar-refractivity contribution < 1.29 is 4.79 Å². The van der Waals surface area contributed by atoms with Crippen LogP contribution in [0.2, 0.25) is 0 Å². The molecule has 2 amide bonds. The van der Waals surface area contributed by atoms with Gasteiger partial charge >= 0.3 is 6.03 Å². The summed E-state index contributed by atoms with van der Waals surface area (Å²) in [5, 5.41) is 0. The Kier molecular flexibility index (Phi) is 5.24. The Morgan fingerprint density at radius 3 is 1.31 bits per heavy atom. The second-order valence-corrected chi connectivity index (χ2v) is 7.63.